The normalized spacial score (nSPS) is 21.1. The van der Waals surface area contributed by atoms with Gasteiger partial charge in [-0.05, 0) is 36.1 Å². The largest absolute Gasteiger partial charge is 0.508 e. The average molecular weight is 258 g/mol. The summed E-state index contributed by atoms with van der Waals surface area (Å²) in [5, 5.41) is 13.0. The van der Waals surface area contributed by atoms with E-state index in [1.807, 2.05) is 24.3 Å². The molecule has 1 heterocycles. The van der Waals surface area contributed by atoms with Crippen LogP contribution in [-0.2, 0) is 0 Å². The molecule has 0 radical (unpaired) electrons. The van der Waals surface area contributed by atoms with Crippen molar-refractivity contribution in [1.82, 2.24) is 10.2 Å². The summed E-state index contributed by atoms with van der Waals surface area (Å²) in [6.45, 7) is 10.3. The van der Waals surface area contributed by atoms with Gasteiger partial charge in [0.1, 0.15) is 5.76 Å². The molecule has 0 aromatic carbocycles. The Hall–Kier alpha value is -1.74. The van der Waals surface area contributed by atoms with Crippen molar-refractivity contribution >= 4 is 0 Å². The number of fused-ring (bicyclic) bond motifs is 1. The second-order valence-electron chi connectivity index (χ2n) is 4.94. The third-order valence-electron chi connectivity index (χ3n) is 3.54. The molecule has 102 valence electrons. The fraction of sp³-hybridized carbons (Fsp3) is 0.375. The molecule has 1 unspecified atom stereocenters. The summed E-state index contributed by atoms with van der Waals surface area (Å²) in [7, 11) is 0. The monoisotopic (exact) mass is 258 g/mol. The maximum Gasteiger partial charge on any atom is 0.112 e. The van der Waals surface area contributed by atoms with E-state index in [4.69, 9.17) is 0 Å². The third kappa shape index (κ3) is 3.38. The standard InChI is InChI=1S/C16H22N2O/c1-3-8-18(9-4-2)10-7-13-12-17-16-6-5-14(19)11-15(13)16/h3-5,11-12,16-17,19H,1-2,6-10H2. The van der Waals surface area contributed by atoms with Gasteiger partial charge in [-0.3, -0.25) is 4.90 Å². The van der Waals surface area contributed by atoms with Gasteiger partial charge < -0.3 is 10.4 Å². The Bertz CT molecular complexity index is 436. The highest BCUT2D eigenvalue weighted by Gasteiger charge is 2.24. The molecular weight excluding hydrogens is 236 g/mol. The van der Waals surface area contributed by atoms with E-state index >= 15 is 0 Å². The van der Waals surface area contributed by atoms with E-state index in [1.165, 1.54) is 11.1 Å². The zero-order chi connectivity index (χ0) is 13.7. The molecule has 0 aromatic rings. The van der Waals surface area contributed by atoms with Crippen molar-refractivity contribution in [3.63, 3.8) is 0 Å². The van der Waals surface area contributed by atoms with Gasteiger partial charge in [0.15, 0.2) is 0 Å². The van der Waals surface area contributed by atoms with Crippen LogP contribution in [0.15, 0.2) is 60.6 Å². The van der Waals surface area contributed by atoms with Gasteiger partial charge >= 0.3 is 0 Å². The molecule has 0 saturated carbocycles. The molecule has 2 aliphatic rings. The van der Waals surface area contributed by atoms with E-state index < -0.39 is 0 Å². The third-order valence-corrected chi connectivity index (χ3v) is 3.54. The van der Waals surface area contributed by atoms with Crippen LogP contribution in [0.5, 0.6) is 0 Å². The lowest BCUT2D eigenvalue weighted by molar-refractivity contribution is 0.340. The summed E-state index contributed by atoms with van der Waals surface area (Å²) in [5.74, 6) is 0.384. The molecule has 2 rings (SSSR count). The van der Waals surface area contributed by atoms with Crippen molar-refractivity contribution in [2.75, 3.05) is 19.6 Å². The number of nitrogens with one attached hydrogen (secondary N) is 1. The van der Waals surface area contributed by atoms with Crippen molar-refractivity contribution in [3.05, 3.63) is 60.6 Å². The number of allylic oxidation sites excluding steroid dienone is 1. The number of hydrogen-bond donors (Lipinski definition) is 2. The highest BCUT2D eigenvalue weighted by atomic mass is 16.3. The Morgan fingerprint density at radius 2 is 2.11 bits per heavy atom. The molecule has 0 saturated heterocycles. The van der Waals surface area contributed by atoms with Crippen molar-refractivity contribution in [1.29, 1.82) is 0 Å². The van der Waals surface area contributed by atoms with Crippen LogP contribution in [0.25, 0.3) is 0 Å². The molecule has 0 fully saturated rings. The Kier molecular flexibility index (Phi) is 4.63. The first-order chi connectivity index (χ1) is 9.24. The van der Waals surface area contributed by atoms with Gasteiger partial charge in [-0.1, -0.05) is 12.2 Å². The first-order valence-electron chi connectivity index (χ1n) is 6.75. The van der Waals surface area contributed by atoms with Crippen LogP contribution in [0.2, 0.25) is 0 Å². The summed E-state index contributed by atoms with van der Waals surface area (Å²) in [4.78, 5) is 2.30. The highest BCUT2D eigenvalue weighted by Crippen LogP contribution is 2.29. The fourth-order valence-electron chi connectivity index (χ4n) is 2.56. The van der Waals surface area contributed by atoms with Crippen LogP contribution in [0.1, 0.15) is 12.8 Å². The molecular formula is C16H22N2O. The molecule has 2 N–H and O–H groups in total. The van der Waals surface area contributed by atoms with Gasteiger partial charge in [0.05, 0.1) is 6.04 Å². The smallest absolute Gasteiger partial charge is 0.112 e. The zero-order valence-electron chi connectivity index (χ0n) is 11.3. The summed E-state index contributed by atoms with van der Waals surface area (Å²) in [6, 6.07) is 0.346. The van der Waals surface area contributed by atoms with E-state index in [0.717, 1.165) is 32.5 Å². The molecule has 0 amide bonds. The van der Waals surface area contributed by atoms with Crippen LogP contribution in [0.4, 0.5) is 0 Å². The van der Waals surface area contributed by atoms with Crippen molar-refractivity contribution < 1.29 is 5.11 Å². The van der Waals surface area contributed by atoms with Crippen molar-refractivity contribution in [2.24, 2.45) is 0 Å². The van der Waals surface area contributed by atoms with Gasteiger partial charge in [0.25, 0.3) is 0 Å². The number of hydrogen-bond acceptors (Lipinski definition) is 3. The summed E-state index contributed by atoms with van der Waals surface area (Å²) in [6.07, 6.45) is 11.5. The van der Waals surface area contributed by atoms with Gasteiger partial charge in [0.2, 0.25) is 0 Å². The van der Waals surface area contributed by atoms with Crippen LogP contribution in [-0.4, -0.2) is 35.7 Å². The maximum absolute atomic E-state index is 9.61. The Morgan fingerprint density at radius 3 is 2.79 bits per heavy atom. The number of rotatable bonds is 7. The van der Waals surface area contributed by atoms with E-state index in [9.17, 15) is 5.11 Å². The van der Waals surface area contributed by atoms with Gasteiger partial charge in [0, 0.05) is 25.8 Å². The maximum atomic E-state index is 9.61. The lowest BCUT2D eigenvalue weighted by Gasteiger charge is -2.21. The average Bonchev–Trinajstić information content (AvgIpc) is 2.79. The Labute approximate surface area is 115 Å². The highest BCUT2D eigenvalue weighted by molar-refractivity contribution is 5.46. The van der Waals surface area contributed by atoms with Crippen LogP contribution in [0, 0.1) is 0 Å². The minimum absolute atomic E-state index is 0.346. The second kappa shape index (κ2) is 6.43. The van der Waals surface area contributed by atoms with Gasteiger partial charge in [-0.2, -0.15) is 0 Å². The van der Waals surface area contributed by atoms with Gasteiger partial charge in [-0.25, -0.2) is 0 Å². The predicted octanol–water partition coefficient (Wildman–Crippen LogP) is 2.68. The Balaban J connectivity index is 1.94. The molecule has 1 aliphatic heterocycles. The van der Waals surface area contributed by atoms with Gasteiger partial charge in [-0.15, -0.1) is 13.2 Å². The van der Waals surface area contributed by atoms with E-state index in [2.05, 4.69) is 29.6 Å². The van der Waals surface area contributed by atoms with Crippen LogP contribution in [0.3, 0.4) is 0 Å². The number of aliphatic hydroxyl groups excluding tert-OH is 1. The molecule has 0 aromatic heterocycles. The molecule has 0 spiro atoms. The quantitative estimate of drug-likeness (QED) is 0.689. The van der Waals surface area contributed by atoms with E-state index in [1.54, 1.807) is 0 Å². The minimum Gasteiger partial charge on any atom is -0.508 e. The predicted molar refractivity (Wildman–Crippen MR) is 79.9 cm³/mol. The number of aliphatic hydroxyl groups is 1. The minimum atomic E-state index is 0.346. The zero-order valence-corrected chi connectivity index (χ0v) is 11.3. The van der Waals surface area contributed by atoms with Crippen molar-refractivity contribution in [2.45, 2.75) is 18.9 Å². The Morgan fingerprint density at radius 1 is 1.37 bits per heavy atom. The molecule has 0 bridgehead atoms. The fourth-order valence-corrected chi connectivity index (χ4v) is 2.56. The SMILES string of the molecule is C=CCN(CC=C)CCC1=CNC2CC=C(O)C=C12. The molecule has 1 atom stereocenters. The van der Waals surface area contributed by atoms with Crippen LogP contribution >= 0.6 is 0 Å². The second-order valence-corrected chi connectivity index (χ2v) is 4.94. The van der Waals surface area contributed by atoms with Crippen molar-refractivity contribution in [3.8, 4) is 0 Å². The summed E-state index contributed by atoms with van der Waals surface area (Å²) >= 11 is 0. The van der Waals surface area contributed by atoms with E-state index in [-0.39, 0.29) is 0 Å². The van der Waals surface area contributed by atoms with E-state index in [0.29, 0.717) is 11.8 Å². The summed E-state index contributed by atoms with van der Waals surface area (Å²) in [5.41, 5.74) is 2.53. The molecule has 3 nitrogen and oxygen atoms in total. The topological polar surface area (TPSA) is 35.5 Å². The number of nitrogens with zero attached hydrogens (tertiary/aromatic N) is 1. The summed E-state index contributed by atoms with van der Waals surface area (Å²) < 4.78 is 0. The molecule has 19 heavy (non-hydrogen) atoms. The van der Waals surface area contributed by atoms with Crippen LogP contribution < -0.4 is 5.32 Å². The lowest BCUT2D eigenvalue weighted by atomic mass is 9.93. The first kappa shape index (κ1) is 13.7. The first-order valence-corrected chi connectivity index (χ1v) is 6.75. The molecule has 1 aliphatic carbocycles. The lowest BCUT2D eigenvalue weighted by Crippen LogP contribution is -2.26. The molecule has 3 heteroatoms.